The molecule has 2 N–H and O–H groups in total. The highest BCUT2D eigenvalue weighted by Gasteiger charge is 2.15. The SMILES string of the molecule is CC(C)(C)NC[C@H](O)c1cccc(-n2cccn2)n1. The molecule has 2 aromatic rings. The van der Waals surface area contributed by atoms with Crippen LogP contribution in [-0.4, -0.2) is 32.0 Å². The van der Waals surface area contributed by atoms with Gasteiger partial charge in [0.2, 0.25) is 0 Å². The smallest absolute Gasteiger partial charge is 0.153 e. The van der Waals surface area contributed by atoms with E-state index in [1.807, 2.05) is 30.5 Å². The fourth-order valence-corrected chi connectivity index (χ4v) is 1.66. The Kier molecular flexibility index (Phi) is 3.97. The van der Waals surface area contributed by atoms with Gasteiger partial charge < -0.3 is 10.4 Å². The number of aromatic nitrogens is 3. The van der Waals surface area contributed by atoms with E-state index in [9.17, 15) is 5.11 Å². The van der Waals surface area contributed by atoms with E-state index in [0.29, 0.717) is 18.1 Å². The van der Waals surface area contributed by atoms with Crippen molar-refractivity contribution in [3.8, 4) is 5.82 Å². The molecule has 0 amide bonds. The van der Waals surface area contributed by atoms with Gasteiger partial charge in [0.25, 0.3) is 0 Å². The van der Waals surface area contributed by atoms with E-state index in [1.165, 1.54) is 0 Å². The Morgan fingerprint density at radius 3 is 2.74 bits per heavy atom. The minimum Gasteiger partial charge on any atom is -0.385 e. The maximum Gasteiger partial charge on any atom is 0.153 e. The molecule has 5 nitrogen and oxygen atoms in total. The molecule has 19 heavy (non-hydrogen) atoms. The number of nitrogens with zero attached hydrogens (tertiary/aromatic N) is 3. The van der Waals surface area contributed by atoms with Crippen molar-refractivity contribution in [2.75, 3.05) is 6.54 Å². The van der Waals surface area contributed by atoms with E-state index in [0.717, 1.165) is 0 Å². The van der Waals surface area contributed by atoms with Crippen LogP contribution in [0.1, 0.15) is 32.6 Å². The Labute approximate surface area is 113 Å². The molecule has 2 aromatic heterocycles. The lowest BCUT2D eigenvalue weighted by molar-refractivity contribution is 0.159. The van der Waals surface area contributed by atoms with Crippen LogP contribution in [0.5, 0.6) is 0 Å². The highest BCUT2D eigenvalue weighted by molar-refractivity contribution is 5.24. The Balaban J connectivity index is 2.10. The van der Waals surface area contributed by atoms with Crippen molar-refractivity contribution in [1.29, 1.82) is 0 Å². The summed E-state index contributed by atoms with van der Waals surface area (Å²) in [7, 11) is 0. The van der Waals surface area contributed by atoms with Crippen LogP contribution in [0.3, 0.4) is 0 Å². The molecule has 0 aliphatic heterocycles. The van der Waals surface area contributed by atoms with E-state index in [1.54, 1.807) is 10.9 Å². The molecule has 0 spiro atoms. The van der Waals surface area contributed by atoms with Gasteiger partial charge in [-0.15, -0.1) is 0 Å². The minimum absolute atomic E-state index is 0.0272. The third kappa shape index (κ3) is 3.87. The van der Waals surface area contributed by atoms with Crippen LogP contribution >= 0.6 is 0 Å². The normalized spacial score (nSPS) is 13.5. The summed E-state index contributed by atoms with van der Waals surface area (Å²) in [6, 6.07) is 7.40. The van der Waals surface area contributed by atoms with Crippen LogP contribution in [0.4, 0.5) is 0 Å². The molecule has 0 saturated heterocycles. The molecule has 1 atom stereocenters. The molecule has 0 unspecified atom stereocenters. The molecule has 0 fully saturated rings. The van der Waals surface area contributed by atoms with Crippen LogP contribution in [0.15, 0.2) is 36.7 Å². The van der Waals surface area contributed by atoms with Crippen molar-refractivity contribution in [3.05, 3.63) is 42.4 Å². The lowest BCUT2D eigenvalue weighted by Gasteiger charge is -2.22. The van der Waals surface area contributed by atoms with Crippen molar-refractivity contribution >= 4 is 0 Å². The molecule has 102 valence electrons. The molecule has 0 aliphatic carbocycles. The van der Waals surface area contributed by atoms with Gasteiger partial charge in [-0.1, -0.05) is 6.07 Å². The zero-order valence-electron chi connectivity index (χ0n) is 11.5. The zero-order chi connectivity index (χ0) is 13.9. The van der Waals surface area contributed by atoms with E-state index in [2.05, 4.69) is 36.2 Å². The van der Waals surface area contributed by atoms with Gasteiger partial charge in [-0.2, -0.15) is 5.10 Å². The predicted octanol–water partition coefficient (Wildman–Crippen LogP) is 1.69. The van der Waals surface area contributed by atoms with Crippen molar-refractivity contribution in [3.63, 3.8) is 0 Å². The van der Waals surface area contributed by atoms with Crippen molar-refractivity contribution < 1.29 is 5.11 Å². The van der Waals surface area contributed by atoms with E-state index < -0.39 is 6.10 Å². The zero-order valence-corrected chi connectivity index (χ0v) is 11.5. The Hall–Kier alpha value is -1.72. The summed E-state index contributed by atoms with van der Waals surface area (Å²) in [5.41, 5.74) is 0.616. The first-order chi connectivity index (χ1) is 8.96. The Morgan fingerprint density at radius 2 is 2.11 bits per heavy atom. The summed E-state index contributed by atoms with van der Waals surface area (Å²) in [5, 5.41) is 17.5. The maximum atomic E-state index is 10.2. The van der Waals surface area contributed by atoms with Gasteiger partial charge in [0.05, 0.1) is 5.69 Å². The third-order valence-corrected chi connectivity index (χ3v) is 2.66. The number of β-amino-alcohol motifs (C(OH)–C–C–N with tert-alkyl or cyclic N) is 1. The second kappa shape index (κ2) is 5.50. The van der Waals surface area contributed by atoms with Gasteiger partial charge in [0.15, 0.2) is 5.82 Å². The number of hydrogen-bond donors (Lipinski definition) is 2. The summed E-state index contributed by atoms with van der Waals surface area (Å²) in [5.74, 6) is 0.706. The summed E-state index contributed by atoms with van der Waals surface area (Å²) in [6.45, 7) is 6.66. The molecule has 2 rings (SSSR count). The average Bonchev–Trinajstić information content (AvgIpc) is 2.89. The molecule has 5 heteroatoms. The van der Waals surface area contributed by atoms with Gasteiger partial charge in [-0.3, -0.25) is 0 Å². The van der Waals surface area contributed by atoms with Crippen molar-refractivity contribution in [1.82, 2.24) is 20.1 Å². The monoisotopic (exact) mass is 260 g/mol. The van der Waals surface area contributed by atoms with Crippen LogP contribution in [0, 0.1) is 0 Å². The summed E-state index contributed by atoms with van der Waals surface area (Å²) in [4.78, 5) is 4.43. The van der Waals surface area contributed by atoms with Crippen LogP contribution < -0.4 is 5.32 Å². The molecule has 0 aromatic carbocycles. The van der Waals surface area contributed by atoms with Gasteiger partial charge in [0, 0.05) is 24.5 Å². The molecule has 0 aliphatic rings. The second-order valence-electron chi connectivity index (χ2n) is 5.52. The Bertz CT molecular complexity index is 516. The quantitative estimate of drug-likeness (QED) is 0.878. The van der Waals surface area contributed by atoms with Gasteiger partial charge in [-0.05, 0) is 39.0 Å². The number of nitrogens with one attached hydrogen (secondary N) is 1. The molecule has 0 bridgehead atoms. The number of rotatable bonds is 4. The molecule has 2 heterocycles. The van der Waals surface area contributed by atoms with E-state index >= 15 is 0 Å². The standard InChI is InChI=1S/C14H20N4O/c1-14(2,3)15-10-12(19)11-6-4-7-13(17-11)18-9-5-8-16-18/h4-9,12,15,19H,10H2,1-3H3/t12-/m0/s1. The lowest BCUT2D eigenvalue weighted by Crippen LogP contribution is -2.38. The van der Waals surface area contributed by atoms with E-state index in [-0.39, 0.29) is 5.54 Å². The summed E-state index contributed by atoms with van der Waals surface area (Å²) >= 11 is 0. The number of pyridine rings is 1. The lowest BCUT2D eigenvalue weighted by atomic mass is 10.1. The predicted molar refractivity (Wildman–Crippen MR) is 74.1 cm³/mol. The first-order valence-electron chi connectivity index (χ1n) is 6.36. The number of aliphatic hydroxyl groups is 1. The van der Waals surface area contributed by atoms with Crippen molar-refractivity contribution in [2.24, 2.45) is 0 Å². The second-order valence-corrected chi connectivity index (χ2v) is 5.52. The first-order valence-corrected chi connectivity index (χ1v) is 6.36. The number of aliphatic hydroxyl groups excluding tert-OH is 1. The van der Waals surface area contributed by atoms with Gasteiger partial charge >= 0.3 is 0 Å². The average molecular weight is 260 g/mol. The fourth-order valence-electron chi connectivity index (χ4n) is 1.66. The highest BCUT2D eigenvalue weighted by atomic mass is 16.3. The molecule has 0 saturated carbocycles. The molecular formula is C14H20N4O. The topological polar surface area (TPSA) is 63.0 Å². The third-order valence-electron chi connectivity index (χ3n) is 2.66. The van der Waals surface area contributed by atoms with Gasteiger partial charge in [0.1, 0.15) is 6.10 Å². The van der Waals surface area contributed by atoms with Crippen LogP contribution in [0.25, 0.3) is 5.82 Å². The highest BCUT2D eigenvalue weighted by Crippen LogP contribution is 2.13. The molecule has 0 radical (unpaired) electrons. The minimum atomic E-state index is -0.630. The first kappa shape index (κ1) is 13.7. The van der Waals surface area contributed by atoms with Gasteiger partial charge in [-0.25, -0.2) is 9.67 Å². The maximum absolute atomic E-state index is 10.2. The van der Waals surface area contributed by atoms with Crippen LogP contribution in [-0.2, 0) is 0 Å². The number of hydrogen-bond acceptors (Lipinski definition) is 4. The van der Waals surface area contributed by atoms with E-state index in [4.69, 9.17) is 0 Å². The summed E-state index contributed by atoms with van der Waals surface area (Å²) in [6.07, 6.45) is 2.90. The molecular weight excluding hydrogens is 240 g/mol. The Morgan fingerprint density at radius 1 is 1.32 bits per heavy atom. The summed E-state index contributed by atoms with van der Waals surface area (Å²) < 4.78 is 1.67. The van der Waals surface area contributed by atoms with Crippen LogP contribution in [0.2, 0.25) is 0 Å². The van der Waals surface area contributed by atoms with Crippen molar-refractivity contribution in [2.45, 2.75) is 32.4 Å². The fraction of sp³-hybridized carbons (Fsp3) is 0.429. The largest absolute Gasteiger partial charge is 0.385 e.